The Hall–Kier alpha value is -2.16. The first-order valence-electron chi connectivity index (χ1n) is 9.48. The molecule has 1 atom stereocenters. The summed E-state index contributed by atoms with van der Waals surface area (Å²) in [6.45, 7) is 5.73. The Morgan fingerprint density at radius 1 is 1.25 bits per heavy atom. The van der Waals surface area contributed by atoms with Crippen molar-refractivity contribution in [2.75, 3.05) is 39.3 Å². The van der Waals surface area contributed by atoms with Crippen LogP contribution in [0.25, 0.3) is 10.9 Å². The summed E-state index contributed by atoms with van der Waals surface area (Å²) in [5, 5.41) is 11.2. The first kappa shape index (κ1) is 20.6. The lowest BCUT2D eigenvalue weighted by Crippen LogP contribution is -2.44. The Morgan fingerprint density at radius 3 is 2.79 bits per heavy atom. The molecule has 2 aromatic rings. The molecule has 3 heterocycles. The second kappa shape index (κ2) is 8.89. The summed E-state index contributed by atoms with van der Waals surface area (Å²) in [5.41, 5.74) is 1.65. The number of ether oxygens (including phenoxy) is 1. The van der Waals surface area contributed by atoms with Crippen LogP contribution < -0.4 is 15.4 Å². The van der Waals surface area contributed by atoms with Crippen LogP contribution in [-0.4, -0.2) is 65.8 Å². The molecule has 2 N–H and O–H groups in total. The van der Waals surface area contributed by atoms with Gasteiger partial charge in [-0.25, -0.2) is 0 Å². The van der Waals surface area contributed by atoms with Gasteiger partial charge in [0, 0.05) is 57.6 Å². The lowest BCUT2D eigenvalue weighted by Gasteiger charge is -2.26. The smallest absolute Gasteiger partial charge is 0.235 e. The van der Waals surface area contributed by atoms with E-state index in [0.29, 0.717) is 19.4 Å². The number of nitrogens with one attached hydrogen (secondary N) is 2. The molecule has 2 saturated heterocycles. The van der Waals surface area contributed by atoms with E-state index in [2.05, 4.69) is 20.6 Å². The maximum absolute atomic E-state index is 12.2. The lowest BCUT2D eigenvalue weighted by atomic mass is 9.93. The van der Waals surface area contributed by atoms with E-state index in [9.17, 15) is 9.59 Å². The van der Waals surface area contributed by atoms with Gasteiger partial charge in [-0.2, -0.15) is 5.10 Å². The average molecular weight is 408 g/mol. The van der Waals surface area contributed by atoms with Gasteiger partial charge in [0.25, 0.3) is 0 Å². The Morgan fingerprint density at radius 2 is 2.04 bits per heavy atom. The topological polar surface area (TPSA) is 88.5 Å². The minimum absolute atomic E-state index is 0. The van der Waals surface area contributed by atoms with Crippen molar-refractivity contribution in [2.45, 2.75) is 18.8 Å². The van der Waals surface area contributed by atoms with Gasteiger partial charge in [0.2, 0.25) is 11.8 Å². The summed E-state index contributed by atoms with van der Waals surface area (Å²) in [6, 6.07) is 5.86. The molecule has 152 valence electrons. The molecule has 0 spiro atoms. The van der Waals surface area contributed by atoms with Crippen LogP contribution in [0.3, 0.4) is 0 Å². The van der Waals surface area contributed by atoms with Crippen molar-refractivity contribution in [3.8, 4) is 5.75 Å². The van der Waals surface area contributed by atoms with Crippen molar-refractivity contribution >= 4 is 35.1 Å². The van der Waals surface area contributed by atoms with Gasteiger partial charge in [0.1, 0.15) is 12.4 Å². The molecular formula is C19H26ClN5O3. The van der Waals surface area contributed by atoms with Gasteiger partial charge in [-0.05, 0) is 18.6 Å². The number of amides is 2. The molecule has 2 aliphatic heterocycles. The number of carbonyl (C=O) groups is 2. The largest absolute Gasteiger partial charge is 0.492 e. The fourth-order valence-corrected chi connectivity index (χ4v) is 3.79. The molecule has 0 saturated carbocycles. The summed E-state index contributed by atoms with van der Waals surface area (Å²) in [7, 11) is 1.86. The van der Waals surface area contributed by atoms with Crippen LogP contribution in [0.15, 0.2) is 18.2 Å². The molecule has 1 aromatic heterocycles. The highest BCUT2D eigenvalue weighted by molar-refractivity contribution is 6.02. The van der Waals surface area contributed by atoms with Crippen LogP contribution in [0.4, 0.5) is 0 Å². The minimum atomic E-state index is -0.383. The van der Waals surface area contributed by atoms with Gasteiger partial charge in [0.15, 0.2) is 0 Å². The standard InChI is InChI=1S/C19H25N5O3.ClH/c1-23-16-12-13(27-11-10-24-8-6-20-7-9-24)2-3-14(16)18(22-23)15-4-5-17(25)21-19(15)26;/h2-3,12,15,20H,4-11H2,1H3,(H,21,25,26);1H. The third-order valence-corrected chi connectivity index (χ3v) is 5.31. The van der Waals surface area contributed by atoms with E-state index in [1.54, 1.807) is 4.68 Å². The maximum Gasteiger partial charge on any atom is 0.235 e. The van der Waals surface area contributed by atoms with Gasteiger partial charge >= 0.3 is 0 Å². The zero-order valence-corrected chi connectivity index (χ0v) is 16.8. The Balaban J connectivity index is 0.00000225. The van der Waals surface area contributed by atoms with Crippen molar-refractivity contribution in [1.82, 2.24) is 25.3 Å². The molecular weight excluding hydrogens is 382 g/mol. The molecule has 0 bridgehead atoms. The third-order valence-electron chi connectivity index (χ3n) is 5.31. The number of imide groups is 1. The predicted molar refractivity (Wildman–Crippen MR) is 108 cm³/mol. The van der Waals surface area contributed by atoms with Crippen molar-refractivity contribution in [3.63, 3.8) is 0 Å². The molecule has 1 unspecified atom stereocenters. The van der Waals surface area contributed by atoms with E-state index in [4.69, 9.17) is 4.74 Å². The molecule has 0 aliphatic carbocycles. The zero-order chi connectivity index (χ0) is 18.8. The number of nitrogens with zero attached hydrogens (tertiary/aromatic N) is 3. The van der Waals surface area contributed by atoms with Crippen molar-refractivity contribution in [1.29, 1.82) is 0 Å². The van der Waals surface area contributed by atoms with Crippen LogP contribution in [0, 0.1) is 0 Å². The number of halogens is 1. The third kappa shape index (κ3) is 4.29. The van der Waals surface area contributed by atoms with Crippen LogP contribution in [0.1, 0.15) is 24.5 Å². The highest BCUT2D eigenvalue weighted by Crippen LogP contribution is 2.31. The Labute approximate surface area is 170 Å². The number of benzene rings is 1. The highest BCUT2D eigenvalue weighted by Gasteiger charge is 2.31. The first-order chi connectivity index (χ1) is 13.1. The molecule has 4 rings (SSSR count). The molecule has 2 aliphatic rings. The fourth-order valence-electron chi connectivity index (χ4n) is 3.79. The number of aromatic nitrogens is 2. The van der Waals surface area contributed by atoms with E-state index < -0.39 is 0 Å². The number of rotatable bonds is 5. The van der Waals surface area contributed by atoms with E-state index >= 15 is 0 Å². The number of hydrogen-bond donors (Lipinski definition) is 2. The molecule has 2 amide bonds. The average Bonchev–Trinajstić information content (AvgIpc) is 2.99. The summed E-state index contributed by atoms with van der Waals surface area (Å²) >= 11 is 0. The molecule has 8 nitrogen and oxygen atoms in total. The van der Waals surface area contributed by atoms with Crippen molar-refractivity contribution in [2.24, 2.45) is 7.05 Å². The van der Waals surface area contributed by atoms with E-state index in [-0.39, 0.29) is 30.1 Å². The molecule has 2 fully saturated rings. The SMILES string of the molecule is Cl.Cn1nc(C2CCC(=O)NC2=O)c2ccc(OCCN3CCNCC3)cc21. The number of hydrogen-bond acceptors (Lipinski definition) is 6. The zero-order valence-electron chi connectivity index (χ0n) is 15.9. The van der Waals surface area contributed by atoms with Gasteiger partial charge in [0.05, 0.1) is 17.1 Å². The highest BCUT2D eigenvalue weighted by atomic mass is 35.5. The normalized spacial score (nSPS) is 20.7. The van der Waals surface area contributed by atoms with Gasteiger partial charge in [-0.15, -0.1) is 12.4 Å². The first-order valence-corrected chi connectivity index (χ1v) is 9.48. The fraction of sp³-hybridized carbons (Fsp3) is 0.526. The van der Waals surface area contributed by atoms with E-state index in [1.165, 1.54) is 0 Å². The quantitative estimate of drug-likeness (QED) is 0.713. The number of fused-ring (bicyclic) bond motifs is 1. The second-order valence-corrected chi connectivity index (χ2v) is 7.13. The van der Waals surface area contributed by atoms with Crippen LogP contribution in [0.2, 0.25) is 0 Å². The number of piperidine rings is 1. The number of aryl methyl sites for hydroxylation is 1. The van der Waals surface area contributed by atoms with Crippen molar-refractivity contribution in [3.05, 3.63) is 23.9 Å². The van der Waals surface area contributed by atoms with Gasteiger partial charge in [-0.3, -0.25) is 24.5 Å². The van der Waals surface area contributed by atoms with Crippen LogP contribution in [-0.2, 0) is 16.6 Å². The summed E-state index contributed by atoms with van der Waals surface area (Å²) in [6.07, 6.45) is 0.849. The van der Waals surface area contributed by atoms with Crippen LogP contribution >= 0.6 is 12.4 Å². The molecule has 0 radical (unpaired) electrons. The number of piperazine rings is 1. The minimum Gasteiger partial charge on any atom is -0.492 e. The maximum atomic E-state index is 12.2. The number of carbonyl (C=O) groups excluding carboxylic acids is 2. The molecule has 28 heavy (non-hydrogen) atoms. The Kier molecular flexibility index (Phi) is 6.53. The molecule has 9 heteroatoms. The molecule has 1 aromatic carbocycles. The summed E-state index contributed by atoms with van der Waals surface area (Å²) in [5.74, 6) is -0.0550. The monoisotopic (exact) mass is 407 g/mol. The predicted octanol–water partition coefficient (Wildman–Crippen LogP) is 0.799. The van der Waals surface area contributed by atoms with E-state index in [1.807, 2.05) is 25.2 Å². The van der Waals surface area contributed by atoms with Gasteiger partial charge in [-0.1, -0.05) is 0 Å². The summed E-state index contributed by atoms with van der Waals surface area (Å²) < 4.78 is 7.71. The van der Waals surface area contributed by atoms with Gasteiger partial charge < -0.3 is 10.1 Å². The lowest BCUT2D eigenvalue weighted by molar-refractivity contribution is -0.134. The summed E-state index contributed by atoms with van der Waals surface area (Å²) in [4.78, 5) is 26.0. The van der Waals surface area contributed by atoms with Crippen molar-refractivity contribution < 1.29 is 14.3 Å². The van der Waals surface area contributed by atoms with E-state index in [0.717, 1.165) is 55.1 Å². The van der Waals surface area contributed by atoms with Crippen LogP contribution in [0.5, 0.6) is 5.75 Å². The Bertz CT molecular complexity index is 863. The second-order valence-electron chi connectivity index (χ2n) is 7.13.